The molecule has 0 aliphatic heterocycles. The van der Waals surface area contributed by atoms with Crippen molar-refractivity contribution in [1.82, 2.24) is 4.72 Å². The van der Waals surface area contributed by atoms with Gasteiger partial charge < -0.3 is 10.0 Å². The Labute approximate surface area is 95.3 Å². The third-order valence-corrected chi connectivity index (χ3v) is 3.50. The van der Waals surface area contributed by atoms with Crippen LogP contribution in [0.1, 0.15) is 12.5 Å². The van der Waals surface area contributed by atoms with Crippen molar-refractivity contribution in [2.45, 2.75) is 13.5 Å². The number of sulfonamides is 1. The highest BCUT2D eigenvalue weighted by molar-refractivity contribution is 7.89. The molecule has 0 atom stereocenters. The molecule has 0 saturated carbocycles. The van der Waals surface area contributed by atoms with E-state index in [1.54, 1.807) is 31.2 Å². The molecule has 1 rings (SSSR count). The summed E-state index contributed by atoms with van der Waals surface area (Å²) < 4.78 is 24.7. The van der Waals surface area contributed by atoms with E-state index in [-0.39, 0.29) is 12.3 Å². The molecule has 0 aliphatic rings. The third kappa shape index (κ3) is 3.94. The summed E-state index contributed by atoms with van der Waals surface area (Å²) in [6.45, 7) is 1.77. The summed E-state index contributed by atoms with van der Waals surface area (Å²) in [6.07, 6.45) is 0. The molecule has 0 bridgehead atoms. The number of hydrogen-bond donors (Lipinski definition) is 3. The van der Waals surface area contributed by atoms with Crippen LogP contribution in [0.15, 0.2) is 24.3 Å². The Balaban J connectivity index is 2.63. The Hall–Kier alpha value is -0.885. The minimum absolute atomic E-state index is 0.0421. The minimum atomic E-state index is -3.19. The van der Waals surface area contributed by atoms with Gasteiger partial charge in [-0.05, 0) is 17.9 Å². The van der Waals surface area contributed by atoms with Crippen LogP contribution < -0.4 is 10.2 Å². The van der Waals surface area contributed by atoms with Gasteiger partial charge in [0.1, 0.15) is 0 Å². The standard InChI is InChI=1S/C9H14BNO4S/c1-2-16(14,15)11-7-8-3-5-9(6-4-8)10(12)13/h3-6,11-13H,2,7H2,1H3. The third-order valence-electron chi connectivity index (χ3n) is 2.15. The molecule has 3 N–H and O–H groups in total. The Morgan fingerprint density at radius 3 is 2.25 bits per heavy atom. The van der Waals surface area contributed by atoms with E-state index in [2.05, 4.69) is 4.72 Å². The highest BCUT2D eigenvalue weighted by Gasteiger charge is 2.10. The smallest absolute Gasteiger partial charge is 0.423 e. The van der Waals surface area contributed by atoms with Crippen LogP contribution in [0.25, 0.3) is 0 Å². The van der Waals surface area contributed by atoms with Crippen LogP contribution in [-0.4, -0.2) is 31.3 Å². The lowest BCUT2D eigenvalue weighted by molar-refractivity contribution is 0.426. The number of benzene rings is 1. The van der Waals surface area contributed by atoms with Crippen molar-refractivity contribution in [2.24, 2.45) is 0 Å². The molecule has 16 heavy (non-hydrogen) atoms. The summed E-state index contributed by atoms with van der Waals surface area (Å²) in [7, 11) is -4.69. The van der Waals surface area contributed by atoms with Crippen LogP contribution in [0.4, 0.5) is 0 Å². The first-order valence-electron chi connectivity index (χ1n) is 4.87. The Kier molecular flexibility index (Phi) is 4.49. The van der Waals surface area contributed by atoms with Gasteiger partial charge in [0.2, 0.25) is 10.0 Å². The topological polar surface area (TPSA) is 86.6 Å². The van der Waals surface area contributed by atoms with Crippen molar-refractivity contribution in [3.8, 4) is 0 Å². The highest BCUT2D eigenvalue weighted by atomic mass is 32.2. The number of nitrogens with one attached hydrogen (secondary N) is 1. The molecule has 88 valence electrons. The second-order valence-corrected chi connectivity index (χ2v) is 5.44. The first-order chi connectivity index (χ1) is 7.44. The summed E-state index contributed by atoms with van der Waals surface area (Å²) in [4.78, 5) is 0. The van der Waals surface area contributed by atoms with E-state index < -0.39 is 17.1 Å². The molecule has 0 fully saturated rings. The summed E-state index contributed by atoms with van der Waals surface area (Å²) in [5.74, 6) is 0.0421. The first kappa shape index (κ1) is 13.2. The molecular weight excluding hydrogens is 229 g/mol. The average molecular weight is 243 g/mol. The van der Waals surface area contributed by atoms with Crippen molar-refractivity contribution in [3.63, 3.8) is 0 Å². The molecule has 7 heteroatoms. The quantitative estimate of drug-likeness (QED) is 0.567. The van der Waals surface area contributed by atoms with Crippen LogP contribution in [0.5, 0.6) is 0 Å². The predicted octanol–water partition coefficient (Wildman–Crippen LogP) is -1.19. The molecule has 0 saturated heterocycles. The molecule has 0 aromatic heterocycles. The van der Waals surface area contributed by atoms with E-state index in [4.69, 9.17) is 10.0 Å². The Morgan fingerprint density at radius 1 is 1.25 bits per heavy atom. The van der Waals surface area contributed by atoms with Gasteiger partial charge >= 0.3 is 7.12 Å². The fraction of sp³-hybridized carbons (Fsp3) is 0.333. The lowest BCUT2D eigenvalue weighted by Gasteiger charge is -2.05. The normalized spacial score (nSPS) is 11.4. The zero-order valence-corrected chi connectivity index (χ0v) is 9.74. The van der Waals surface area contributed by atoms with E-state index in [9.17, 15) is 8.42 Å². The molecule has 5 nitrogen and oxygen atoms in total. The fourth-order valence-corrected chi connectivity index (χ4v) is 1.69. The molecule has 0 unspecified atom stereocenters. The van der Waals surface area contributed by atoms with Crippen molar-refractivity contribution in [3.05, 3.63) is 29.8 Å². The van der Waals surface area contributed by atoms with Gasteiger partial charge in [-0.2, -0.15) is 0 Å². The number of hydrogen-bond acceptors (Lipinski definition) is 4. The van der Waals surface area contributed by atoms with Crippen LogP contribution >= 0.6 is 0 Å². The largest absolute Gasteiger partial charge is 0.488 e. The molecule has 0 aliphatic carbocycles. The zero-order chi connectivity index (χ0) is 12.2. The van der Waals surface area contributed by atoms with Gasteiger partial charge in [-0.1, -0.05) is 24.3 Å². The molecule has 1 aromatic carbocycles. The van der Waals surface area contributed by atoms with E-state index in [1.165, 1.54) is 0 Å². The van der Waals surface area contributed by atoms with E-state index in [0.29, 0.717) is 5.46 Å². The predicted molar refractivity (Wildman–Crippen MR) is 62.6 cm³/mol. The van der Waals surface area contributed by atoms with E-state index in [0.717, 1.165) is 5.56 Å². The summed E-state index contributed by atoms with van der Waals surface area (Å²) in [5.41, 5.74) is 1.14. The Morgan fingerprint density at radius 2 is 1.81 bits per heavy atom. The van der Waals surface area contributed by atoms with E-state index >= 15 is 0 Å². The second-order valence-electron chi connectivity index (χ2n) is 3.34. The maximum Gasteiger partial charge on any atom is 0.488 e. The van der Waals surface area contributed by atoms with E-state index in [1.807, 2.05) is 0 Å². The molecule has 0 amide bonds. The van der Waals surface area contributed by atoms with Crippen molar-refractivity contribution in [2.75, 3.05) is 5.75 Å². The lowest BCUT2D eigenvalue weighted by Crippen LogP contribution is -2.30. The Bertz CT molecular complexity index is 429. The van der Waals surface area contributed by atoms with Gasteiger partial charge in [0.25, 0.3) is 0 Å². The molecule has 0 radical (unpaired) electrons. The lowest BCUT2D eigenvalue weighted by atomic mass is 9.80. The van der Waals surface area contributed by atoms with Gasteiger partial charge in [0.05, 0.1) is 5.75 Å². The molecule has 1 aromatic rings. The van der Waals surface area contributed by atoms with Gasteiger partial charge in [-0.3, -0.25) is 0 Å². The average Bonchev–Trinajstić information content (AvgIpc) is 2.27. The van der Waals surface area contributed by atoms with Crippen LogP contribution in [-0.2, 0) is 16.6 Å². The summed E-state index contributed by atoms with van der Waals surface area (Å²) in [6, 6.07) is 6.38. The SMILES string of the molecule is CCS(=O)(=O)NCc1ccc(B(O)O)cc1. The first-order valence-corrected chi connectivity index (χ1v) is 6.52. The minimum Gasteiger partial charge on any atom is -0.423 e. The molecular formula is C9H14BNO4S. The van der Waals surface area contributed by atoms with Gasteiger partial charge in [-0.15, -0.1) is 0 Å². The highest BCUT2D eigenvalue weighted by Crippen LogP contribution is 1.98. The maximum absolute atomic E-state index is 11.2. The summed E-state index contributed by atoms with van der Waals surface area (Å²) >= 11 is 0. The van der Waals surface area contributed by atoms with Crippen LogP contribution in [0.3, 0.4) is 0 Å². The molecule has 0 heterocycles. The van der Waals surface area contributed by atoms with Gasteiger partial charge in [0, 0.05) is 6.54 Å². The fourth-order valence-electron chi connectivity index (χ4n) is 1.10. The van der Waals surface area contributed by atoms with Gasteiger partial charge in [0.15, 0.2) is 0 Å². The van der Waals surface area contributed by atoms with Crippen LogP contribution in [0.2, 0.25) is 0 Å². The summed E-state index contributed by atoms with van der Waals surface area (Å²) in [5, 5.41) is 17.7. The zero-order valence-electron chi connectivity index (χ0n) is 8.92. The monoisotopic (exact) mass is 243 g/mol. The van der Waals surface area contributed by atoms with Crippen molar-refractivity contribution < 1.29 is 18.5 Å². The van der Waals surface area contributed by atoms with Crippen LogP contribution in [0, 0.1) is 0 Å². The maximum atomic E-state index is 11.2. The second kappa shape index (κ2) is 5.45. The van der Waals surface area contributed by atoms with Gasteiger partial charge in [-0.25, -0.2) is 13.1 Å². The number of rotatable bonds is 5. The van der Waals surface area contributed by atoms with Crippen molar-refractivity contribution in [1.29, 1.82) is 0 Å². The van der Waals surface area contributed by atoms with Crippen molar-refractivity contribution >= 4 is 22.6 Å². The molecule has 0 spiro atoms.